The summed E-state index contributed by atoms with van der Waals surface area (Å²) in [6.07, 6.45) is 1.65. The maximum Gasteiger partial charge on any atom is 0.363 e. The van der Waals surface area contributed by atoms with E-state index in [1.807, 2.05) is 6.92 Å². The van der Waals surface area contributed by atoms with E-state index in [4.69, 9.17) is 5.73 Å². The van der Waals surface area contributed by atoms with Crippen LogP contribution in [0.5, 0.6) is 0 Å². The Morgan fingerprint density at radius 2 is 2.30 bits per heavy atom. The average Bonchev–Trinajstić information content (AvgIpc) is 3.01. The van der Waals surface area contributed by atoms with Crippen molar-refractivity contribution in [3.8, 4) is 0 Å². The van der Waals surface area contributed by atoms with Crippen molar-refractivity contribution in [1.29, 1.82) is 0 Å². The minimum Gasteiger partial charge on any atom is -0.398 e. The van der Waals surface area contributed by atoms with E-state index in [0.717, 1.165) is 35.9 Å². The second kappa shape index (κ2) is 8.86. The topological polar surface area (TPSA) is 164 Å². The Balaban J connectivity index is 2.18. The number of nitrogen functional groups attached to an aromatic ring is 1. The second-order valence-corrected chi connectivity index (χ2v) is 8.77. The van der Waals surface area contributed by atoms with Crippen LogP contribution in [0, 0.1) is 0 Å². The second-order valence-electron chi connectivity index (χ2n) is 5.37. The lowest BCUT2D eigenvalue weighted by molar-refractivity contribution is -0.140. The van der Waals surface area contributed by atoms with E-state index in [-0.39, 0.29) is 16.5 Å². The molecule has 1 aliphatic heterocycles. The van der Waals surface area contributed by atoms with Crippen LogP contribution in [0.3, 0.4) is 0 Å². The van der Waals surface area contributed by atoms with Gasteiger partial charge in [0.2, 0.25) is 0 Å². The van der Waals surface area contributed by atoms with Crippen LogP contribution in [0.25, 0.3) is 0 Å². The molecule has 11 nitrogen and oxygen atoms in total. The summed E-state index contributed by atoms with van der Waals surface area (Å²) in [6.45, 7) is 1.96. The Bertz CT molecular complexity index is 839. The highest BCUT2D eigenvalue weighted by atomic mass is 32.2. The number of thioether (sulfide) groups is 1. The smallest absolute Gasteiger partial charge is 0.363 e. The van der Waals surface area contributed by atoms with Gasteiger partial charge in [-0.3, -0.25) is 14.1 Å². The van der Waals surface area contributed by atoms with Crippen LogP contribution in [0.1, 0.15) is 25.5 Å². The molecule has 1 fully saturated rings. The third kappa shape index (κ3) is 4.88. The summed E-state index contributed by atoms with van der Waals surface area (Å²) in [5.74, 6) is -1.17. The maximum absolute atomic E-state index is 12.5. The van der Waals surface area contributed by atoms with Crippen LogP contribution in [0.2, 0.25) is 0 Å². The summed E-state index contributed by atoms with van der Waals surface area (Å²) in [5, 5.41) is 6.79. The number of nitrogens with zero attached hydrogens (tertiary/aromatic N) is 3. The first-order valence-corrected chi connectivity index (χ1v) is 11.1. The first kappa shape index (κ1) is 21.4. The van der Waals surface area contributed by atoms with Gasteiger partial charge < -0.3 is 15.9 Å². The van der Waals surface area contributed by atoms with E-state index >= 15 is 0 Å². The molecule has 0 bridgehead atoms. The lowest BCUT2D eigenvalue weighted by Crippen LogP contribution is -2.71. The van der Waals surface area contributed by atoms with E-state index in [1.54, 1.807) is 0 Å². The number of hydrogen-bond donors (Lipinski definition) is 3. The van der Waals surface area contributed by atoms with Gasteiger partial charge in [-0.2, -0.15) is 12.7 Å². The molecule has 27 heavy (non-hydrogen) atoms. The van der Waals surface area contributed by atoms with Crippen LogP contribution in [-0.4, -0.2) is 64.1 Å². The highest BCUT2D eigenvalue weighted by Gasteiger charge is 2.54. The van der Waals surface area contributed by atoms with Crippen molar-refractivity contribution >= 4 is 56.1 Å². The zero-order valence-corrected chi connectivity index (χ0v) is 16.9. The monoisotopic (exact) mass is 437 g/mol. The molecule has 0 spiro atoms. The number of carbonyl (C=O) groups is 2. The van der Waals surface area contributed by atoms with Gasteiger partial charge in [0.25, 0.3) is 11.8 Å². The average molecular weight is 438 g/mol. The van der Waals surface area contributed by atoms with Gasteiger partial charge in [-0.05, 0) is 12.2 Å². The molecule has 0 unspecified atom stereocenters. The van der Waals surface area contributed by atoms with E-state index in [2.05, 4.69) is 20.3 Å². The van der Waals surface area contributed by atoms with E-state index in [1.165, 1.54) is 12.5 Å². The van der Waals surface area contributed by atoms with Crippen LogP contribution in [0.15, 0.2) is 10.5 Å². The number of β-lactam (4-membered cyclic amide) rings is 1. The van der Waals surface area contributed by atoms with Crippen LogP contribution < -0.4 is 11.1 Å². The van der Waals surface area contributed by atoms with Gasteiger partial charge in [-0.1, -0.05) is 18.5 Å². The van der Waals surface area contributed by atoms with Gasteiger partial charge in [0.1, 0.15) is 24.2 Å². The standard InChI is InChI=1S/C13H19N5O6S3/c1-3-4-5-25-12-9(11(20)18(12)27(21,22)23)16-10(19)8(17-24-2)7-6-26-13(14)15-7/h6,9,12H,3-5H2,1-2H3,(H2,14,15)(H,16,19)(H,21,22,23)/b17-8+/t9-,12-/m1/s1. The molecule has 1 aliphatic rings. The molecule has 2 atom stereocenters. The molecule has 2 heterocycles. The van der Waals surface area contributed by atoms with Crippen molar-refractivity contribution in [3.63, 3.8) is 0 Å². The van der Waals surface area contributed by atoms with Crippen LogP contribution >= 0.6 is 23.1 Å². The highest BCUT2D eigenvalue weighted by molar-refractivity contribution is 8.00. The summed E-state index contributed by atoms with van der Waals surface area (Å²) in [6, 6.07) is -1.14. The normalized spacial score (nSPS) is 20.3. The van der Waals surface area contributed by atoms with Crippen LogP contribution in [0.4, 0.5) is 5.13 Å². The molecule has 0 aliphatic carbocycles. The number of anilines is 1. The zero-order valence-electron chi connectivity index (χ0n) is 14.5. The first-order chi connectivity index (χ1) is 12.7. The molecule has 0 saturated carbocycles. The van der Waals surface area contributed by atoms with E-state index < -0.39 is 33.5 Å². The van der Waals surface area contributed by atoms with Crippen molar-refractivity contribution in [1.82, 2.24) is 14.6 Å². The Hall–Kier alpha value is -1.90. The van der Waals surface area contributed by atoms with Crippen molar-refractivity contribution < 1.29 is 27.4 Å². The van der Waals surface area contributed by atoms with Crippen molar-refractivity contribution in [3.05, 3.63) is 11.1 Å². The molecule has 2 rings (SSSR count). The molecule has 150 valence electrons. The van der Waals surface area contributed by atoms with Gasteiger partial charge in [0, 0.05) is 5.38 Å². The first-order valence-electron chi connectivity index (χ1n) is 7.76. The molecule has 0 radical (unpaired) electrons. The van der Waals surface area contributed by atoms with Crippen molar-refractivity contribution in [2.75, 3.05) is 18.6 Å². The van der Waals surface area contributed by atoms with E-state index in [0.29, 0.717) is 10.1 Å². The summed E-state index contributed by atoms with van der Waals surface area (Å²) in [4.78, 5) is 33.3. The number of nitrogens with two attached hydrogens (primary N) is 1. The van der Waals surface area contributed by atoms with Gasteiger partial charge in [0.05, 0.1) is 0 Å². The number of aromatic nitrogens is 1. The fourth-order valence-corrected chi connectivity index (χ4v) is 5.32. The maximum atomic E-state index is 12.5. The third-order valence-corrected chi connectivity index (χ3v) is 6.54. The molecule has 1 aromatic rings. The number of nitrogens with one attached hydrogen (secondary N) is 1. The SMILES string of the molecule is CCCCS[C@@H]1[C@H](NC(=O)/C(=N/OC)c2csc(N)n2)C(=O)N1S(=O)(=O)O. The molecule has 4 N–H and O–H groups in total. The van der Waals surface area contributed by atoms with E-state index in [9.17, 15) is 22.6 Å². The largest absolute Gasteiger partial charge is 0.398 e. The molecule has 1 aromatic heterocycles. The summed E-state index contributed by atoms with van der Waals surface area (Å²) < 4.78 is 32.5. The fraction of sp³-hybridized carbons (Fsp3) is 0.538. The quantitative estimate of drug-likeness (QED) is 0.159. The number of amides is 2. The Morgan fingerprint density at radius 1 is 1.59 bits per heavy atom. The lowest BCUT2D eigenvalue weighted by atomic mass is 10.1. The number of oxime groups is 1. The minimum atomic E-state index is -4.72. The predicted octanol–water partition coefficient (Wildman–Crippen LogP) is 0.0650. The number of hydrogen-bond acceptors (Lipinski definition) is 10. The third-order valence-electron chi connectivity index (χ3n) is 3.48. The number of thiazole rings is 1. The molecule has 1 saturated heterocycles. The number of unbranched alkanes of at least 4 members (excludes halogenated alkanes) is 1. The Kier molecular flexibility index (Phi) is 7.02. The van der Waals surface area contributed by atoms with Crippen molar-refractivity contribution in [2.45, 2.75) is 31.2 Å². The van der Waals surface area contributed by atoms with Crippen molar-refractivity contribution in [2.24, 2.45) is 5.16 Å². The summed E-state index contributed by atoms with van der Waals surface area (Å²) in [5.41, 5.74) is 5.50. The highest BCUT2D eigenvalue weighted by Crippen LogP contribution is 2.33. The van der Waals surface area contributed by atoms with Gasteiger partial charge >= 0.3 is 10.3 Å². The number of rotatable bonds is 9. The lowest BCUT2D eigenvalue weighted by Gasteiger charge is -2.43. The Labute approximate surface area is 164 Å². The zero-order chi connectivity index (χ0) is 20.2. The summed E-state index contributed by atoms with van der Waals surface area (Å²) in [7, 11) is -3.48. The molecular formula is C13H19N5O6S3. The molecule has 2 amide bonds. The molecule has 14 heteroatoms. The minimum absolute atomic E-state index is 0.158. The summed E-state index contributed by atoms with van der Waals surface area (Å²) >= 11 is 2.24. The Morgan fingerprint density at radius 3 is 2.81 bits per heavy atom. The van der Waals surface area contributed by atoms with Gasteiger partial charge in [-0.25, -0.2) is 4.98 Å². The van der Waals surface area contributed by atoms with Gasteiger partial charge in [0.15, 0.2) is 10.8 Å². The predicted molar refractivity (Wildman–Crippen MR) is 102 cm³/mol. The van der Waals surface area contributed by atoms with Gasteiger partial charge in [-0.15, -0.1) is 23.1 Å². The molecule has 0 aromatic carbocycles. The fourth-order valence-electron chi connectivity index (χ4n) is 2.23. The van der Waals surface area contributed by atoms with Crippen LogP contribution in [-0.2, 0) is 24.7 Å². The molecular weight excluding hydrogens is 418 g/mol. The number of carbonyl (C=O) groups excluding carboxylic acids is 2.